The SMILES string of the molecule is CC(C)C[C@@H](NS(=O)(=O)c1ccccc1)C(=O)N1CCC[C@H]1C(=O)[CH]c1cc(Cl)ccc1-c1cnccn1. The number of hydrogen-bond donors (Lipinski definition) is 1. The Morgan fingerprint density at radius 1 is 1.16 bits per heavy atom. The number of amides is 1. The summed E-state index contributed by atoms with van der Waals surface area (Å²) in [6.07, 6.45) is 7.65. The minimum atomic E-state index is -3.92. The van der Waals surface area contributed by atoms with Crippen molar-refractivity contribution in [1.82, 2.24) is 19.6 Å². The number of rotatable bonds is 10. The van der Waals surface area contributed by atoms with E-state index in [0.29, 0.717) is 47.7 Å². The number of aromatic nitrogens is 2. The average Bonchev–Trinajstić information content (AvgIpc) is 3.39. The Morgan fingerprint density at radius 2 is 1.92 bits per heavy atom. The Hall–Kier alpha value is -3.14. The van der Waals surface area contributed by atoms with Crippen molar-refractivity contribution in [2.75, 3.05) is 6.54 Å². The van der Waals surface area contributed by atoms with Gasteiger partial charge < -0.3 is 4.90 Å². The molecule has 0 spiro atoms. The fraction of sp³-hybridized carbons (Fsp3) is 0.321. The van der Waals surface area contributed by atoms with E-state index >= 15 is 0 Å². The zero-order chi connectivity index (χ0) is 27.3. The first-order chi connectivity index (χ1) is 18.2. The summed E-state index contributed by atoms with van der Waals surface area (Å²) in [5.41, 5.74) is 1.86. The molecule has 1 radical (unpaired) electrons. The van der Waals surface area contributed by atoms with Gasteiger partial charge in [0.05, 0.1) is 29.2 Å². The highest BCUT2D eigenvalue weighted by Gasteiger charge is 2.38. The van der Waals surface area contributed by atoms with Crippen LogP contribution in [0.2, 0.25) is 5.02 Å². The fourth-order valence-corrected chi connectivity index (χ4v) is 6.03. The Morgan fingerprint density at radius 3 is 2.61 bits per heavy atom. The molecule has 2 heterocycles. The van der Waals surface area contributed by atoms with E-state index in [0.717, 1.165) is 0 Å². The number of halogens is 1. The zero-order valence-corrected chi connectivity index (χ0v) is 22.8. The summed E-state index contributed by atoms with van der Waals surface area (Å²) in [6, 6.07) is 11.4. The van der Waals surface area contributed by atoms with Gasteiger partial charge in [0.1, 0.15) is 6.04 Å². The molecule has 8 nitrogen and oxygen atoms in total. The first-order valence-corrected chi connectivity index (χ1v) is 14.3. The molecule has 1 saturated heterocycles. The van der Waals surface area contributed by atoms with Gasteiger partial charge in [-0.25, -0.2) is 8.42 Å². The normalized spacial score (nSPS) is 16.5. The number of sulfonamides is 1. The number of carbonyl (C=O) groups is 2. The molecule has 0 bridgehead atoms. The van der Waals surface area contributed by atoms with Crippen molar-refractivity contribution in [3.05, 3.63) is 84.1 Å². The molecular weight excluding hydrogens is 524 g/mol. The third kappa shape index (κ3) is 6.64. The van der Waals surface area contributed by atoms with Crippen LogP contribution in [0.1, 0.15) is 38.7 Å². The highest BCUT2D eigenvalue weighted by Crippen LogP contribution is 2.29. The van der Waals surface area contributed by atoms with E-state index in [9.17, 15) is 18.0 Å². The predicted octanol–water partition coefficient (Wildman–Crippen LogP) is 4.30. The topological polar surface area (TPSA) is 109 Å². The molecule has 38 heavy (non-hydrogen) atoms. The molecule has 1 aliphatic heterocycles. The molecule has 0 aliphatic carbocycles. The summed E-state index contributed by atoms with van der Waals surface area (Å²) in [4.78, 5) is 37.2. The Labute approximate surface area is 228 Å². The largest absolute Gasteiger partial charge is 0.331 e. The molecule has 1 N–H and O–H groups in total. The lowest BCUT2D eigenvalue weighted by molar-refractivity contribution is -0.138. The summed E-state index contributed by atoms with van der Waals surface area (Å²) in [6.45, 7) is 4.21. The lowest BCUT2D eigenvalue weighted by atomic mass is 9.96. The van der Waals surface area contributed by atoms with Crippen LogP contribution in [-0.2, 0) is 19.6 Å². The van der Waals surface area contributed by atoms with Crippen LogP contribution >= 0.6 is 11.6 Å². The molecule has 0 saturated carbocycles. The number of nitrogens with zero attached hydrogens (tertiary/aromatic N) is 3. The second-order valence-corrected chi connectivity index (χ2v) is 11.8. The number of likely N-dealkylation sites (tertiary alicyclic amines) is 1. The summed E-state index contributed by atoms with van der Waals surface area (Å²) in [5, 5.41) is 0.461. The Bertz CT molecular complexity index is 1380. The zero-order valence-electron chi connectivity index (χ0n) is 21.2. The molecule has 1 aromatic heterocycles. The maximum Gasteiger partial charge on any atom is 0.241 e. The van der Waals surface area contributed by atoms with Crippen molar-refractivity contribution in [2.24, 2.45) is 5.92 Å². The standard InChI is InChI=1S/C28H30ClN4O4S/c1-19(2)15-24(32-38(36,37)22-7-4-3-5-8-22)28(35)33-14-6-9-26(33)27(34)17-20-16-21(29)10-11-23(20)25-18-30-12-13-31-25/h3-5,7-8,10-13,16-19,24,26,32H,6,9,14-15H2,1-2H3/t24-,26+/m1/s1. The molecule has 199 valence electrons. The van der Waals surface area contributed by atoms with E-state index in [1.54, 1.807) is 55.0 Å². The van der Waals surface area contributed by atoms with E-state index < -0.39 is 28.0 Å². The molecule has 10 heteroatoms. The monoisotopic (exact) mass is 553 g/mol. The van der Waals surface area contributed by atoms with Crippen LogP contribution in [0, 0.1) is 12.3 Å². The van der Waals surface area contributed by atoms with Crippen molar-refractivity contribution >= 4 is 33.3 Å². The molecule has 0 unspecified atom stereocenters. The first-order valence-electron chi connectivity index (χ1n) is 12.5. The van der Waals surface area contributed by atoms with Gasteiger partial charge in [0.15, 0.2) is 5.78 Å². The minimum Gasteiger partial charge on any atom is -0.331 e. The molecule has 3 aromatic rings. The first kappa shape index (κ1) is 27.9. The van der Waals surface area contributed by atoms with Crippen LogP contribution in [0.25, 0.3) is 11.3 Å². The Kier molecular flexibility index (Phi) is 8.91. The number of nitrogens with one attached hydrogen (secondary N) is 1. The van der Waals surface area contributed by atoms with Crippen molar-refractivity contribution in [3.8, 4) is 11.3 Å². The number of Topliss-reactive ketones (excluding diaryl/α,β-unsaturated/α-hetero) is 1. The van der Waals surface area contributed by atoms with Gasteiger partial charge in [-0.15, -0.1) is 0 Å². The van der Waals surface area contributed by atoms with Crippen molar-refractivity contribution in [3.63, 3.8) is 0 Å². The van der Waals surface area contributed by atoms with Gasteiger partial charge in [-0.05, 0) is 55.0 Å². The number of benzene rings is 2. The van der Waals surface area contributed by atoms with Crippen molar-refractivity contribution in [2.45, 2.75) is 50.1 Å². The van der Waals surface area contributed by atoms with E-state index in [2.05, 4.69) is 14.7 Å². The summed E-state index contributed by atoms with van der Waals surface area (Å²) in [5.74, 6) is -0.605. The van der Waals surface area contributed by atoms with Gasteiger partial charge in [0, 0.05) is 29.5 Å². The third-order valence-electron chi connectivity index (χ3n) is 6.37. The highest BCUT2D eigenvalue weighted by atomic mass is 35.5. The third-order valence-corrected chi connectivity index (χ3v) is 8.09. The van der Waals surface area contributed by atoms with Crippen LogP contribution in [-0.4, -0.2) is 53.6 Å². The average molecular weight is 554 g/mol. The van der Waals surface area contributed by atoms with Crippen molar-refractivity contribution < 1.29 is 18.0 Å². The van der Waals surface area contributed by atoms with Crippen LogP contribution < -0.4 is 4.72 Å². The lowest BCUT2D eigenvalue weighted by Gasteiger charge is -2.29. The fourth-order valence-electron chi connectivity index (χ4n) is 4.63. The van der Waals surface area contributed by atoms with E-state index in [1.807, 2.05) is 13.8 Å². The summed E-state index contributed by atoms with van der Waals surface area (Å²) in [7, 11) is -3.92. The second kappa shape index (κ2) is 12.1. The summed E-state index contributed by atoms with van der Waals surface area (Å²) < 4.78 is 28.6. The number of carbonyl (C=O) groups excluding carboxylic acids is 2. The second-order valence-electron chi connectivity index (χ2n) is 9.68. The summed E-state index contributed by atoms with van der Waals surface area (Å²) >= 11 is 6.23. The highest BCUT2D eigenvalue weighted by molar-refractivity contribution is 7.89. The maximum absolute atomic E-state index is 13.7. The van der Waals surface area contributed by atoms with Crippen LogP contribution in [0.15, 0.2) is 72.0 Å². The van der Waals surface area contributed by atoms with Gasteiger partial charge in [0.25, 0.3) is 0 Å². The van der Waals surface area contributed by atoms with E-state index in [1.165, 1.54) is 23.5 Å². The van der Waals surface area contributed by atoms with Gasteiger partial charge in [0.2, 0.25) is 15.9 Å². The molecule has 4 rings (SSSR count). The molecular formula is C28H30ClN4O4S. The smallest absolute Gasteiger partial charge is 0.241 e. The van der Waals surface area contributed by atoms with Crippen LogP contribution in [0.5, 0.6) is 0 Å². The van der Waals surface area contributed by atoms with Crippen LogP contribution in [0.3, 0.4) is 0 Å². The van der Waals surface area contributed by atoms with Gasteiger partial charge in [-0.2, -0.15) is 4.72 Å². The quantitative estimate of drug-likeness (QED) is 0.401. The van der Waals surface area contributed by atoms with Gasteiger partial charge >= 0.3 is 0 Å². The molecule has 1 fully saturated rings. The van der Waals surface area contributed by atoms with E-state index in [4.69, 9.17) is 11.6 Å². The predicted molar refractivity (Wildman–Crippen MR) is 146 cm³/mol. The molecule has 1 amide bonds. The lowest BCUT2D eigenvalue weighted by Crippen LogP contribution is -2.52. The number of ketones is 1. The van der Waals surface area contributed by atoms with Gasteiger partial charge in [-0.3, -0.25) is 19.6 Å². The van der Waals surface area contributed by atoms with Gasteiger partial charge in [-0.1, -0.05) is 49.7 Å². The molecule has 1 aliphatic rings. The Balaban J connectivity index is 1.56. The minimum absolute atomic E-state index is 0.0479. The van der Waals surface area contributed by atoms with E-state index in [-0.39, 0.29) is 16.6 Å². The molecule has 2 atom stereocenters. The van der Waals surface area contributed by atoms with Crippen molar-refractivity contribution in [1.29, 1.82) is 0 Å². The number of hydrogen-bond acceptors (Lipinski definition) is 6. The maximum atomic E-state index is 13.7. The van der Waals surface area contributed by atoms with Crippen LogP contribution in [0.4, 0.5) is 0 Å². The molecule has 2 aromatic carbocycles.